The summed E-state index contributed by atoms with van der Waals surface area (Å²) in [5.41, 5.74) is 4.24. The molecule has 3 nitrogen and oxygen atoms in total. The van der Waals surface area contributed by atoms with E-state index in [9.17, 15) is 4.79 Å². The number of nitrogens with zero attached hydrogens (tertiary/aromatic N) is 1. The molecule has 0 bridgehead atoms. The molecular formula is C26H17ClN2OS. The average Bonchev–Trinajstić information content (AvgIpc) is 3.30. The van der Waals surface area contributed by atoms with Gasteiger partial charge in [0, 0.05) is 32.8 Å². The van der Waals surface area contributed by atoms with Crippen molar-refractivity contribution in [1.29, 1.82) is 0 Å². The summed E-state index contributed by atoms with van der Waals surface area (Å²) in [6, 6.07) is 29.1. The zero-order valence-electron chi connectivity index (χ0n) is 16.4. The van der Waals surface area contributed by atoms with E-state index in [1.165, 1.54) is 0 Å². The number of rotatable bonds is 4. The van der Waals surface area contributed by atoms with Crippen molar-refractivity contribution in [2.75, 3.05) is 5.32 Å². The van der Waals surface area contributed by atoms with Gasteiger partial charge in [-0.15, -0.1) is 11.3 Å². The summed E-state index contributed by atoms with van der Waals surface area (Å²) >= 11 is 7.56. The molecule has 0 spiro atoms. The third-order valence-electron chi connectivity index (χ3n) is 5.05. The van der Waals surface area contributed by atoms with Crippen molar-refractivity contribution in [3.8, 4) is 21.8 Å². The Morgan fingerprint density at radius 3 is 2.48 bits per heavy atom. The van der Waals surface area contributed by atoms with Crippen molar-refractivity contribution >= 4 is 45.3 Å². The van der Waals surface area contributed by atoms with Crippen molar-refractivity contribution < 1.29 is 4.79 Å². The predicted molar refractivity (Wildman–Crippen MR) is 130 cm³/mol. The summed E-state index contributed by atoms with van der Waals surface area (Å²) < 4.78 is 0. The highest BCUT2D eigenvalue weighted by atomic mass is 35.5. The maximum absolute atomic E-state index is 13.0. The molecule has 4 aromatic carbocycles. The number of carbonyl (C=O) groups excluding carboxylic acids is 1. The minimum atomic E-state index is -0.130. The van der Waals surface area contributed by atoms with Crippen LogP contribution < -0.4 is 5.32 Å². The smallest absolute Gasteiger partial charge is 0.256 e. The Kier molecular flexibility index (Phi) is 5.24. The minimum Gasteiger partial charge on any atom is -0.322 e. The van der Waals surface area contributed by atoms with Crippen LogP contribution in [-0.4, -0.2) is 10.9 Å². The topological polar surface area (TPSA) is 42.0 Å². The first-order valence-electron chi connectivity index (χ1n) is 9.78. The maximum Gasteiger partial charge on any atom is 0.256 e. The number of anilines is 1. The lowest BCUT2D eigenvalue weighted by Crippen LogP contribution is -2.12. The van der Waals surface area contributed by atoms with E-state index in [4.69, 9.17) is 16.6 Å². The fourth-order valence-corrected chi connectivity index (χ4v) is 4.47. The van der Waals surface area contributed by atoms with Crippen molar-refractivity contribution in [3.05, 3.63) is 107 Å². The van der Waals surface area contributed by atoms with Crippen LogP contribution in [-0.2, 0) is 0 Å². The van der Waals surface area contributed by atoms with Gasteiger partial charge in [-0.3, -0.25) is 4.79 Å². The molecule has 5 rings (SSSR count). The van der Waals surface area contributed by atoms with Gasteiger partial charge in [-0.1, -0.05) is 72.3 Å². The third kappa shape index (κ3) is 4.08. The van der Waals surface area contributed by atoms with E-state index in [0.29, 0.717) is 10.6 Å². The molecule has 0 unspecified atom stereocenters. The fraction of sp³-hybridized carbons (Fsp3) is 0. The Morgan fingerprint density at radius 1 is 0.839 bits per heavy atom. The third-order valence-corrected chi connectivity index (χ3v) is 6.19. The highest BCUT2D eigenvalue weighted by molar-refractivity contribution is 7.13. The molecule has 1 N–H and O–H groups in total. The van der Waals surface area contributed by atoms with Crippen LogP contribution >= 0.6 is 22.9 Å². The predicted octanol–water partition coefficient (Wildman–Crippen LogP) is 7.54. The van der Waals surface area contributed by atoms with Gasteiger partial charge >= 0.3 is 0 Å². The average molecular weight is 441 g/mol. The number of halogens is 1. The molecule has 31 heavy (non-hydrogen) atoms. The van der Waals surface area contributed by atoms with E-state index in [1.54, 1.807) is 11.3 Å². The van der Waals surface area contributed by atoms with Gasteiger partial charge in [-0.25, -0.2) is 4.98 Å². The molecule has 0 saturated carbocycles. The van der Waals surface area contributed by atoms with E-state index < -0.39 is 0 Å². The number of thiazole rings is 1. The molecule has 0 atom stereocenters. The number of carbonyl (C=O) groups is 1. The quantitative estimate of drug-likeness (QED) is 0.313. The molecule has 0 aliphatic carbocycles. The van der Waals surface area contributed by atoms with Gasteiger partial charge in [0.2, 0.25) is 0 Å². The normalized spacial score (nSPS) is 10.9. The summed E-state index contributed by atoms with van der Waals surface area (Å²) in [6.07, 6.45) is 0. The van der Waals surface area contributed by atoms with Gasteiger partial charge in [0.15, 0.2) is 0 Å². The monoisotopic (exact) mass is 440 g/mol. The molecule has 0 fully saturated rings. The Morgan fingerprint density at radius 2 is 1.61 bits per heavy atom. The first-order chi connectivity index (χ1) is 15.2. The second kappa shape index (κ2) is 8.34. The summed E-state index contributed by atoms with van der Waals surface area (Å²) in [5.74, 6) is -0.130. The van der Waals surface area contributed by atoms with Crippen LogP contribution in [0.3, 0.4) is 0 Å². The molecule has 0 saturated heterocycles. The second-order valence-corrected chi connectivity index (χ2v) is 8.40. The standard InChI is InChI=1S/C26H17ClN2OS/c27-20-13-11-18(12-14-20)26-29-24(16-31-26)19-7-3-8-21(15-19)28-25(30)23-10-4-6-17-5-1-2-9-22(17)23/h1-16H,(H,28,30). The molecule has 0 radical (unpaired) electrons. The molecule has 5 heteroatoms. The van der Waals surface area contributed by atoms with Crippen molar-refractivity contribution in [2.45, 2.75) is 0 Å². The molecule has 1 heterocycles. The minimum absolute atomic E-state index is 0.130. The number of amides is 1. The van der Waals surface area contributed by atoms with E-state index >= 15 is 0 Å². The Balaban J connectivity index is 1.41. The molecular weight excluding hydrogens is 424 g/mol. The Labute approximate surface area is 189 Å². The van der Waals surface area contributed by atoms with Gasteiger partial charge in [0.1, 0.15) is 5.01 Å². The number of hydrogen-bond acceptors (Lipinski definition) is 3. The zero-order valence-corrected chi connectivity index (χ0v) is 18.0. The van der Waals surface area contributed by atoms with Crippen molar-refractivity contribution in [2.24, 2.45) is 0 Å². The van der Waals surface area contributed by atoms with Crippen LogP contribution in [0.4, 0.5) is 5.69 Å². The first kappa shape index (κ1) is 19.5. The number of nitrogens with one attached hydrogen (secondary N) is 1. The van der Waals surface area contributed by atoms with Crippen LogP contribution in [0, 0.1) is 0 Å². The van der Waals surface area contributed by atoms with E-state index in [1.807, 2.05) is 96.4 Å². The Hall–Kier alpha value is -3.47. The lowest BCUT2D eigenvalue weighted by atomic mass is 10.0. The van der Waals surface area contributed by atoms with Crippen LogP contribution in [0.15, 0.2) is 96.4 Å². The van der Waals surface area contributed by atoms with Crippen LogP contribution in [0.5, 0.6) is 0 Å². The lowest BCUT2D eigenvalue weighted by molar-refractivity contribution is 0.102. The van der Waals surface area contributed by atoms with Crippen LogP contribution in [0.25, 0.3) is 32.6 Å². The molecule has 1 aromatic heterocycles. The highest BCUT2D eigenvalue weighted by Gasteiger charge is 2.12. The summed E-state index contributed by atoms with van der Waals surface area (Å²) in [7, 11) is 0. The molecule has 5 aromatic rings. The lowest BCUT2D eigenvalue weighted by Gasteiger charge is -2.09. The van der Waals surface area contributed by atoms with Gasteiger partial charge in [-0.05, 0) is 41.1 Å². The highest BCUT2D eigenvalue weighted by Crippen LogP contribution is 2.31. The van der Waals surface area contributed by atoms with Gasteiger partial charge < -0.3 is 5.32 Å². The SMILES string of the molecule is O=C(Nc1cccc(-c2csc(-c3ccc(Cl)cc3)n2)c1)c1cccc2ccccc12. The van der Waals surface area contributed by atoms with Gasteiger partial charge in [-0.2, -0.15) is 0 Å². The summed E-state index contributed by atoms with van der Waals surface area (Å²) in [5, 5.41) is 8.66. The van der Waals surface area contributed by atoms with Crippen molar-refractivity contribution in [1.82, 2.24) is 4.98 Å². The largest absolute Gasteiger partial charge is 0.322 e. The number of hydrogen-bond donors (Lipinski definition) is 1. The van der Waals surface area contributed by atoms with Crippen LogP contribution in [0.2, 0.25) is 5.02 Å². The molecule has 1 amide bonds. The zero-order chi connectivity index (χ0) is 21.2. The van der Waals surface area contributed by atoms with E-state index in [2.05, 4.69) is 5.32 Å². The number of fused-ring (bicyclic) bond motifs is 1. The summed E-state index contributed by atoms with van der Waals surface area (Å²) in [4.78, 5) is 17.7. The van der Waals surface area contributed by atoms with E-state index in [-0.39, 0.29) is 5.91 Å². The van der Waals surface area contributed by atoms with Gasteiger partial charge in [0.05, 0.1) is 5.69 Å². The summed E-state index contributed by atoms with van der Waals surface area (Å²) in [6.45, 7) is 0. The maximum atomic E-state index is 13.0. The van der Waals surface area contributed by atoms with Crippen LogP contribution in [0.1, 0.15) is 10.4 Å². The molecule has 0 aliphatic heterocycles. The van der Waals surface area contributed by atoms with Gasteiger partial charge in [0.25, 0.3) is 5.91 Å². The second-order valence-electron chi connectivity index (χ2n) is 7.11. The van der Waals surface area contributed by atoms with Crippen molar-refractivity contribution in [3.63, 3.8) is 0 Å². The number of benzene rings is 4. The molecule has 150 valence electrons. The number of aromatic nitrogens is 1. The Bertz CT molecular complexity index is 1390. The van der Waals surface area contributed by atoms with E-state index in [0.717, 1.165) is 38.3 Å². The molecule has 0 aliphatic rings. The fourth-order valence-electron chi connectivity index (χ4n) is 3.51. The first-order valence-corrected chi connectivity index (χ1v) is 11.0.